The number of carbonyl (C=O) groups is 2. The van der Waals surface area contributed by atoms with E-state index >= 15 is 0 Å². The largest absolute Gasteiger partial charge is 0.493 e. The van der Waals surface area contributed by atoms with Crippen molar-refractivity contribution in [1.29, 1.82) is 0 Å². The molecule has 30 heavy (non-hydrogen) atoms. The van der Waals surface area contributed by atoms with Gasteiger partial charge in [-0.1, -0.05) is 30.9 Å². The second-order valence-corrected chi connectivity index (χ2v) is 9.39. The zero-order valence-corrected chi connectivity index (χ0v) is 20.7. The number of amides is 1. The molecule has 0 bridgehead atoms. The summed E-state index contributed by atoms with van der Waals surface area (Å²) in [6, 6.07) is 3.69. The molecule has 1 aromatic carbocycles. The molecular formula is C21H26BrNO5S2. The van der Waals surface area contributed by atoms with Gasteiger partial charge >= 0.3 is 5.97 Å². The minimum atomic E-state index is -0.251. The monoisotopic (exact) mass is 515 g/mol. The number of benzene rings is 1. The maximum Gasteiger partial charge on any atom is 0.305 e. The molecule has 0 N–H and O–H groups in total. The molecule has 164 valence electrons. The summed E-state index contributed by atoms with van der Waals surface area (Å²) in [6.07, 6.45) is 3.33. The minimum absolute atomic E-state index is 0.00319. The average Bonchev–Trinajstić information content (AvgIpc) is 2.95. The van der Waals surface area contributed by atoms with Gasteiger partial charge in [0.2, 0.25) is 0 Å². The Morgan fingerprint density at radius 2 is 2.10 bits per heavy atom. The van der Waals surface area contributed by atoms with Gasteiger partial charge < -0.3 is 14.2 Å². The molecule has 1 aliphatic heterocycles. The van der Waals surface area contributed by atoms with E-state index in [-0.39, 0.29) is 24.4 Å². The van der Waals surface area contributed by atoms with Crippen molar-refractivity contribution in [2.45, 2.75) is 46.1 Å². The fourth-order valence-electron chi connectivity index (χ4n) is 2.69. The highest BCUT2D eigenvalue weighted by molar-refractivity contribution is 9.10. The molecule has 1 saturated heterocycles. The Kier molecular flexibility index (Phi) is 9.64. The van der Waals surface area contributed by atoms with Crippen LogP contribution in [-0.2, 0) is 14.3 Å². The first-order valence-corrected chi connectivity index (χ1v) is 11.7. The highest BCUT2D eigenvalue weighted by Gasteiger charge is 2.31. The first-order valence-electron chi connectivity index (χ1n) is 9.72. The highest BCUT2D eigenvalue weighted by atomic mass is 79.9. The van der Waals surface area contributed by atoms with Crippen LogP contribution in [0.2, 0.25) is 0 Å². The number of halogens is 1. The quantitative estimate of drug-likeness (QED) is 0.241. The van der Waals surface area contributed by atoms with Crippen molar-refractivity contribution < 1.29 is 23.8 Å². The van der Waals surface area contributed by atoms with Gasteiger partial charge in [-0.3, -0.25) is 14.5 Å². The van der Waals surface area contributed by atoms with Crippen molar-refractivity contribution in [1.82, 2.24) is 4.90 Å². The molecule has 1 aliphatic rings. The minimum Gasteiger partial charge on any atom is -0.493 e. The van der Waals surface area contributed by atoms with Crippen LogP contribution < -0.4 is 9.47 Å². The first-order chi connectivity index (χ1) is 14.3. The zero-order valence-electron chi connectivity index (χ0n) is 17.5. The predicted molar refractivity (Wildman–Crippen MR) is 127 cm³/mol. The third-order valence-corrected chi connectivity index (χ3v) is 5.97. The van der Waals surface area contributed by atoms with E-state index in [1.54, 1.807) is 13.2 Å². The Bertz CT molecular complexity index is 841. The summed E-state index contributed by atoms with van der Waals surface area (Å²) < 4.78 is 17.5. The molecule has 1 amide bonds. The van der Waals surface area contributed by atoms with Gasteiger partial charge in [0, 0.05) is 13.0 Å². The molecule has 0 spiro atoms. The number of thiocarbonyl (C=S) groups is 1. The molecule has 1 fully saturated rings. The molecule has 6 nitrogen and oxygen atoms in total. The normalized spacial score (nSPS) is 15.3. The Morgan fingerprint density at radius 1 is 1.37 bits per heavy atom. The van der Waals surface area contributed by atoms with Gasteiger partial charge in [0.05, 0.1) is 29.2 Å². The van der Waals surface area contributed by atoms with Crippen molar-refractivity contribution >= 4 is 62.2 Å². The lowest BCUT2D eigenvalue weighted by Crippen LogP contribution is -2.29. The molecule has 0 radical (unpaired) electrons. The third kappa shape index (κ3) is 6.72. The van der Waals surface area contributed by atoms with Gasteiger partial charge in [0.1, 0.15) is 4.32 Å². The maximum absolute atomic E-state index is 12.8. The number of esters is 1. The maximum atomic E-state index is 12.8. The van der Waals surface area contributed by atoms with Gasteiger partial charge in [-0.15, -0.1) is 0 Å². The van der Waals surface area contributed by atoms with Gasteiger partial charge in [-0.25, -0.2) is 0 Å². The van der Waals surface area contributed by atoms with Gasteiger partial charge in [-0.2, -0.15) is 0 Å². The van der Waals surface area contributed by atoms with Crippen LogP contribution in [0.25, 0.3) is 6.08 Å². The van der Waals surface area contributed by atoms with Crippen molar-refractivity contribution in [3.05, 3.63) is 27.1 Å². The smallest absolute Gasteiger partial charge is 0.305 e. The lowest BCUT2D eigenvalue weighted by atomic mass is 10.1. The van der Waals surface area contributed by atoms with Crippen LogP contribution >= 0.6 is 39.9 Å². The number of hydrogen-bond donors (Lipinski definition) is 0. The van der Waals surface area contributed by atoms with Gasteiger partial charge in [-0.05, 0) is 66.4 Å². The third-order valence-electron chi connectivity index (χ3n) is 4.01. The number of methoxy groups -OCH3 is 1. The Labute approximate surface area is 195 Å². The van der Waals surface area contributed by atoms with Crippen molar-refractivity contribution in [3.63, 3.8) is 0 Å². The molecule has 1 aromatic rings. The number of thioether (sulfide) groups is 1. The second-order valence-electron chi connectivity index (χ2n) is 6.86. The number of hydrogen-bond acceptors (Lipinski definition) is 7. The van der Waals surface area contributed by atoms with E-state index in [1.165, 1.54) is 16.7 Å². The number of ether oxygens (including phenoxy) is 3. The number of carbonyl (C=O) groups excluding carboxylic acids is 2. The zero-order chi connectivity index (χ0) is 22.3. The van der Waals surface area contributed by atoms with Crippen LogP contribution in [0.4, 0.5) is 0 Å². The van der Waals surface area contributed by atoms with Crippen molar-refractivity contribution in [3.8, 4) is 11.5 Å². The highest BCUT2D eigenvalue weighted by Crippen LogP contribution is 2.39. The Hall–Kier alpha value is -1.58. The fraction of sp³-hybridized carbons (Fsp3) is 0.476. The SMILES string of the molecule is CCCOC(=O)CCCN1C(=O)/C(=C/c2cc(Br)c(OC(C)C)c(OC)c2)SC1=S. The summed E-state index contributed by atoms with van der Waals surface area (Å²) in [5, 5.41) is 0. The van der Waals surface area contributed by atoms with E-state index in [9.17, 15) is 9.59 Å². The van der Waals surface area contributed by atoms with E-state index in [0.29, 0.717) is 40.3 Å². The molecule has 9 heteroatoms. The molecule has 0 saturated carbocycles. The summed E-state index contributed by atoms with van der Waals surface area (Å²) in [4.78, 5) is 26.5. The summed E-state index contributed by atoms with van der Waals surface area (Å²) in [6.45, 7) is 6.63. The van der Waals surface area contributed by atoms with Crippen molar-refractivity contribution in [2.75, 3.05) is 20.3 Å². The van der Waals surface area contributed by atoms with Crippen LogP contribution in [-0.4, -0.2) is 47.5 Å². The lowest BCUT2D eigenvalue weighted by Gasteiger charge is -2.16. The molecule has 0 unspecified atom stereocenters. The molecule has 2 rings (SSSR count). The van der Waals surface area contributed by atoms with E-state index < -0.39 is 0 Å². The Balaban J connectivity index is 2.09. The fourth-order valence-corrected chi connectivity index (χ4v) is 4.55. The first kappa shape index (κ1) is 24.7. The van der Waals surface area contributed by atoms with E-state index in [2.05, 4.69) is 15.9 Å². The van der Waals surface area contributed by atoms with E-state index in [0.717, 1.165) is 16.5 Å². The lowest BCUT2D eigenvalue weighted by molar-refractivity contribution is -0.144. The molecular weight excluding hydrogens is 490 g/mol. The van der Waals surface area contributed by atoms with Crippen molar-refractivity contribution in [2.24, 2.45) is 0 Å². The predicted octanol–water partition coefficient (Wildman–Crippen LogP) is 5.18. The summed E-state index contributed by atoms with van der Waals surface area (Å²) in [5.74, 6) is 0.778. The van der Waals surface area contributed by atoms with Crippen LogP contribution in [0.15, 0.2) is 21.5 Å². The summed E-state index contributed by atoms with van der Waals surface area (Å²) in [7, 11) is 1.57. The van der Waals surface area contributed by atoms with Crippen LogP contribution in [0.1, 0.15) is 45.6 Å². The molecule has 1 heterocycles. The standard InChI is InChI=1S/C21H26BrNO5S2/c1-5-9-27-18(24)7-6-8-23-20(25)17(30-21(23)29)12-14-10-15(22)19(28-13(2)3)16(11-14)26-4/h10-13H,5-9H2,1-4H3/b17-12-. The molecule has 0 aliphatic carbocycles. The topological polar surface area (TPSA) is 65.1 Å². The van der Waals surface area contributed by atoms with Crippen LogP contribution in [0.3, 0.4) is 0 Å². The van der Waals surface area contributed by atoms with E-state index in [4.69, 9.17) is 26.4 Å². The number of rotatable bonds is 10. The van der Waals surface area contributed by atoms with Crippen LogP contribution in [0.5, 0.6) is 11.5 Å². The van der Waals surface area contributed by atoms with Gasteiger partial charge in [0.25, 0.3) is 5.91 Å². The second kappa shape index (κ2) is 11.7. The van der Waals surface area contributed by atoms with Crippen LogP contribution in [0, 0.1) is 0 Å². The number of nitrogens with zero attached hydrogens (tertiary/aromatic N) is 1. The Morgan fingerprint density at radius 3 is 2.73 bits per heavy atom. The van der Waals surface area contributed by atoms with Gasteiger partial charge in [0.15, 0.2) is 11.5 Å². The van der Waals surface area contributed by atoms with E-state index in [1.807, 2.05) is 32.9 Å². The average molecular weight is 516 g/mol. The molecule has 0 aromatic heterocycles. The summed E-state index contributed by atoms with van der Waals surface area (Å²) in [5.41, 5.74) is 0.790. The molecule has 0 atom stereocenters. The summed E-state index contributed by atoms with van der Waals surface area (Å²) >= 11 is 10.1.